The average Bonchev–Trinajstić information content (AvgIpc) is 3.58. The molecule has 4 aromatic rings. The zero-order chi connectivity index (χ0) is 28.2. The van der Waals surface area contributed by atoms with Crippen molar-refractivity contribution in [3.8, 4) is 0 Å². The van der Waals surface area contributed by atoms with E-state index in [1.54, 1.807) is 0 Å². The molecule has 2 nitrogen and oxygen atoms in total. The number of rotatable bonds is 4. The summed E-state index contributed by atoms with van der Waals surface area (Å²) < 4.78 is 0. The molecule has 0 amide bonds. The Kier molecular flexibility index (Phi) is 6.12. The Bertz CT molecular complexity index is 1670. The minimum Gasteiger partial charge on any atom is -0.363 e. The number of para-hydroxylation sites is 1. The van der Waals surface area contributed by atoms with E-state index in [0.29, 0.717) is 0 Å². The molecule has 0 bridgehead atoms. The van der Waals surface area contributed by atoms with E-state index in [4.69, 9.17) is 0 Å². The second-order valence-corrected chi connectivity index (χ2v) is 12.3. The summed E-state index contributed by atoms with van der Waals surface area (Å²) in [4.78, 5) is 17.6. The van der Waals surface area contributed by atoms with Gasteiger partial charge in [-0.25, -0.2) is 0 Å². The summed E-state index contributed by atoms with van der Waals surface area (Å²) in [5.74, 6) is -0.164. The summed E-state index contributed by atoms with van der Waals surface area (Å²) in [6.45, 7) is 4.22. The highest BCUT2D eigenvalue weighted by atomic mass is 16.1. The summed E-state index contributed by atoms with van der Waals surface area (Å²) in [5.41, 5.74) is 9.77. The molecule has 3 aliphatic rings. The molecule has 41 heavy (non-hydrogen) atoms. The fourth-order valence-electron chi connectivity index (χ4n) is 8.13. The number of hydrogen-bond donors (Lipinski definition) is 0. The molecule has 1 saturated carbocycles. The molecular weight excluding hydrogens is 498 g/mol. The molecule has 1 heterocycles. The Balaban J connectivity index is 1.56. The van der Waals surface area contributed by atoms with E-state index in [1.807, 2.05) is 12.1 Å². The third-order valence-corrected chi connectivity index (χ3v) is 10.1. The highest BCUT2D eigenvalue weighted by molar-refractivity contribution is 6.10. The molecule has 2 spiro atoms. The first-order valence-electron chi connectivity index (χ1n) is 15.0. The van der Waals surface area contributed by atoms with Crippen LogP contribution < -0.4 is 4.90 Å². The maximum atomic E-state index is 15.1. The van der Waals surface area contributed by atoms with E-state index >= 15 is 4.79 Å². The largest absolute Gasteiger partial charge is 0.363 e. The van der Waals surface area contributed by atoms with Crippen LogP contribution in [0.15, 0.2) is 115 Å². The van der Waals surface area contributed by atoms with Crippen LogP contribution in [0.1, 0.15) is 63.9 Å². The van der Waals surface area contributed by atoms with Crippen molar-refractivity contribution in [2.45, 2.75) is 50.5 Å². The third kappa shape index (κ3) is 3.80. The molecule has 1 fully saturated rings. The lowest BCUT2D eigenvalue weighted by molar-refractivity contribution is 0.0874. The first-order chi connectivity index (χ1) is 19.9. The topological polar surface area (TPSA) is 20.3 Å². The van der Waals surface area contributed by atoms with Crippen LogP contribution in [-0.2, 0) is 5.41 Å². The normalized spacial score (nSPS) is 22.5. The van der Waals surface area contributed by atoms with Gasteiger partial charge in [0, 0.05) is 23.7 Å². The number of ketones is 1. The van der Waals surface area contributed by atoms with Crippen LogP contribution in [0, 0.1) is 19.8 Å². The van der Waals surface area contributed by atoms with Gasteiger partial charge in [-0.2, -0.15) is 0 Å². The van der Waals surface area contributed by atoms with Gasteiger partial charge in [-0.05, 0) is 72.7 Å². The molecule has 4 aromatic carbocycles. The van der Waals surface area contributed by atoms with Crippen molar-refractivity contribution in [1.82, 2.24) is 0 Å². The summed E-state index contributed by atoms with van der Waals surface area (Å²) in [6.07, 6.45) is 9.30. The molecule has 2 aliphatic carbocycles. The van der Waals surface area contributed by atoms with E-state index in [-0.39, 0.29) is 17.1 Å². The van der Waals surface area contributed by atoms with Crippen LogP contribution in [0.5, 0.6) is 0 Å². The third-order valence-electron chi connectivity index (χ3n) is 10.1. The van der Waals surface area contributed by atoms with Gasteiger partial charge in [0.25, 0.3) is 0 Å². The molecule has 7 rings (SSSR count). The van der Waals surface area contributed by atoms with Gasteiger partial charge in [-0.1, -0.05) is 121 Å². The number of nitrogens with zero attached hydrogens (tertiary/aromatic N) is 1. The Morgan fingerprint density at radius 1 is 0.732 bits per heavy atom. The monoisotopic (exact) mass is 535 g/mol. The lowest BCUT2D eigenvalue weighted by Gasteiger charge is -2.53. The van der Waals surface area contributed by atoms with Crippen molar-refractivity contribution < 1.29 is 4.79 Å². The van der Waals surface area contributed by atoms with E-state index in [1.165, 1.54) is 40.8 Å². The maximum absolute atomic E-state index is 15.1. The molecule has 2 heteroatoms. The lowest BCUT2D eigenvalue weighted by atomic mass is 9.55. The number of likely N-dealkylation sites (N-methyl/N-ethyl adjacent to an activating group) is 1. The second-order valence-electron chi connectivity index (χ2n) is 12.3. The quantitative estimate of drug-likeness (QED) is 0.243. The molecule has 0 saturated heterocycles. The fraction of sp³-hybridized carbons (Fsp3) is 0.256. The van der Waals surface area contributed by atoms with Crippen LogP contribution in [0.2, 0.25) is 0 Å². The first-order valence-corrected chi connectivity index (χ1v) is 15.0. The van der Waals surface area contributed by atoms with Crippen molar-refractivity contribution >= 4 is 22.6 Å². The van der Waals surface area contributed by atoms with Crippen LogP contribution in [-0.4, -0.2) is 18.4 Å². The number of allylic oxidation sites excluding steroid dienone is 2. The van der Waals surface area contributed by atoms with E-state index < -0.39 is 5.54 Å². The number of hydrogen-bond acceptors (Lipinski definition) is 2. The Hall–Kier alpha value is -4.17. The standard InChI is InChI=1S/C39H37NO/c1-27-15-19-29(20-16-27)32-25-33(30-11-5-4-6-12-30)36(37(41)31-21-17-28(2)18-22-31)39(26-32)38(23-9-10-24-38)34-13-7-8-14-35(34)40(39)3/h4-8,11-22,25-26,36H,9-10,23-24H2,1-3H3/t36-,39-/m0/s1. The van der Waals surface area contributed by atoms with Gasteiger partial charge in [0.05, 0.1) is 11.5 Å². The smallest absolute Gasteiger partial charge is 0.173 e. The van der Waals surface area contributed by atoms with Crippen molar-refractivity contribution in [3.63, 3.8) is 0 Å². The number of Topliss-reactive ketones (excluding diaryl/α,β-unsaturated/α-hetero) is 1. The predicted molar refractivity (Wildman–Crippen MR) is 170 cm³/mol. The second kappa shape index (κ2) is 9.73. The van der Waals surface area contributed by atoms with Gasteiger partial charge in [0.1, 0.15) is 0 Å². The first kappa shape index (κ1) is 25.8. The van der Waals surface area contributed by atoms with Crippen LogP contribution in [0.3, 0.4) is 0 Å². The minimum atomic E-state index is -0.546. The molecule has 0 radical (unpaired) electrons. The van der Waals surface area contributed by atoms with E-state index in [2.05, 4.69) is 129 Å². The summed E-state index contributed by atoms with van der Waals surface area (Å²) in [5, 5.41) is 0. The highest BCUT2D eigenvalue weighted by Gasteiger charge is 2.66. The number of fused-ring (bicyclic) bond motifs is 3. The Morgan fingerprint density at radius 2 is 1.34 bits per heavy atom. The molecule has 1 aliphatic heterocycles. The van der Waals surface area contributed by atoms with Gasteiger partial charge in [0.15, 0.2) is 5.78 Å². The molecule has 204 valence electrons. The van der Waals surface area contributed by atoms with Gasteiger partial charge in [-0.15, -0.1) is 0 Å². The minimum absolute atomic E-state index is 0.159. The average molecular weight is 536 g/mol. The van der Waals surface area contributed by atoms with E-state index in [0.717, 1.165) is 35.1 Å². The molecule has 0 aromatic heterocycles. The van der Waals surface area contributed by atoms with Crippen molar-refractivity contribution in [1.29, 1.82) is 0 Å². The molecule has 0 N–H and O–H groups in total. The number of aryl methyl sites for hydroxylation is 2. The summed E-state index contributed by atoms with van der Waals surface area (Å²) in [7, 11) is 2.23. The molecule has 2 atom stereocenters. The van der Waals surface area contributed by atoms with E-state index in [9.17, 15) is 0 Å². The van der Waals surface area contributed by atoms with Crippen molar-refractivity contribution in [2.24, 2.45) is 5.92 Å². The maximum Gasteiger partial charge on any atom is 0.173 e. The lowest BCUT2D eigenvalue weighted by Crippen LogP contribution is -2.62. The number of carbonyl (C=O) groups excluding carboxylic acids is 1. The van der Waals surface area contributed by atoms with Gasteiger partial charge >= 0.3 is 0 Å². The summed E-state index contributed by atoms with van der Waals surface area (Å²) in [6, 6.07) is 36.6. The zero-order valence-corrected chi connectivity index (χ0v) is 24.2. The van der Waals surface area contributed by atoms with Crippen molar-refractivity contribution in [3.05, 3.63) is 149 Å². The molecular formula is C39H37NO. The van der Waals surface area contributed by atoms with Gasteiger partial charge < -0.3 is 4.90 Å². The summed E-state index contributed by atoms with van der Waals surface area (Å²) >= 11 is 0. The highest BCUT2D eigenvalue weighted by Crippen LogP contribution is 2.65. The fourth-order valence-corrected chi connectivity index (χ4v) is 8.13. The van der Waals surface area contributed by atoms with Gasteiger partial charge in [0.2, 0.25) is 0 Å². The molecule has 0 unspecified atom stereocenters. The zero-order valence-electron chi connectivity index (χ0n) is 24.2. The SMILES string of the molecule is Cc1ccc(C(=O)[C@@H]2C(c3ccccc3)=CC(c3ccc(C)cc3)=C[C@]23N(C)c2ccccc2C32CCCC2)cc1. The number of anilines is 1. The van der Waals surface area contributed by atoms with Crippen molar-refractivity contribution in [2.75, 3.05) is 11.9 Å². The van der Waals surface area contributed by atoms with Crippen LogP contribution in [0.25, 0.3) is 11.1 Å². The van der Waals surface area contributed by atoms with Crippen LogP contribution >= 0.6 is 0 Å². The Morgan fingerprint density at radius 3 is 2.02 bits per heavy atom. The Labute approximate surface area is 244 Å². The predicted octanol–water partition coefficient (Wildman–Crippen LogP) is 8.98. The van der Waals surface area contributed by atoms with Gasteiger partial charge in [-0.3, -0.25) is 4.79 Å². The number of carbonyl (C=O) groups is 1. The van der Waals surface area contributed by atoms with Crippen LogP contribution in [0.4, 0.5) is 5.69 Å². The number of benzene rings is 4.